The number of nitrogens with one attached hydrogen (secondary N) is 1. The van der Waals surface area contributed by atoms with Crippen LogP contribution in [-0.4, -0.2) is 39.1 Å². The third kappa shape index (κ3) is 3.57. The number of piperidine rings is 1. The van der Waals surface area contributed by atoms with Crippen molar-refractivity contribution < 1.29 is 13.2 Å². The van der Waals surface area contributed by atoms with Crippen LogP contribution in [0.3, 0.4) is 0 Å². The molecule has 5 nitrogen and oxygen atoms in total. The van der Waals surface area contributed by atoms with E-state index in [0.717, 1.165) is 41.0 Å². The Kier molecular flexibility index (Phi) is 4.90. The van der Waals surface area contributed by atoms with E-state index in [1.807, 2.05) is 24.3 Å². The molecule has 1 atom stereocenters. The molecule has 0 saturated carbocycles. The maximum absolute atomic E-state index is 12.9. The Labute approximate surface area is 166 Å². The van der Waals surface area contributed by atoms with Gasteiger partial charge in [0.2, 0.25) is 0 Å². The molecular weight excluding hydrogens is 436 g/mol. The van der Waals surface area contributed by atoms with Crippen molar-refractivity contribution in [3.63, 3.8) is 0 Å². The van der Waals surface area contributed by atoms with E-state index in [4.69, 9.17) is 4.74 Å². The second kappa shape index (κ2) is 6.91. The summed E-state index contributed by atoms with van der Waals surface area (Å²) >= 11 is 4.56. The number of likely N-dealkylation sites (tertiary alicyclic amines) is 1. The molecule has 8 heteroatoms. The van der Waals surface area contributed by atoms with Crippen molar-refractivity contribution in [3.05, 3.63) is 45.7 Å². The number of sulfonamides is 1. The third-order valence-electron chi connectivity index (χ3n) is 5.21. The minimum atomic E-state index is -3.58. The van der Waals surface area contributed by atoms with Gasteiger partial charge in [0.05, 0.1) is 9.83 Å². The lowest BCUT2D eigenvalue weighted by Crippen LogP contribution is -2.51. The van der Waals surface area contributed by atoms with Gasteiger partial charge in [0.25, 0.3) is 10.0 Å². The highest BCUT2D eigenvalue weighted by atomic mass is 79.9. The average molecular weight is 457 g/mol. The van der Waals surface area contributed by atoms with Crippen LogP contribution < -0.4 is 9.46 Å². The molecule has 0 aliphatic carbocycles. The summed E-state index contributed by atoms with van der Waals surface area (Å²) in [6, 6.07) is 10.9. The minimum Gasteiger partial charge on any atom is -0.487 e. The molecule has 4 rings (SSSR count). The summed E-state index contributed by atoms with van der Waals surface area (Å²) in [4.78, 5) is 2.29. The Hall–Kier alpha value is -0.930. The molecule has 140 valence electrons. The maximum Gasteiger partial charge on any atom is 0.250 e. The first-order valence-electron chi connectivity index (χ1n) is 8.61. The number of rotatable bonds is 3. The van der Waals surface area contributed by atoms with Crippen molar-refractivity contribution in [2.45, 2.75) is 35.1 Å². The molecule has 1 aromatic carbocycles. The van der Waals surface area contributed by atoms with Crippen LogP contribution in [0, 0.1) is 0 Å². The lowest BCUT2D eigenvalue weighted by Gasteiger charge is -2.46. The number of hydrogen-bond donors (Lipinski definition) is 1. The van der Waals surface area contributed by atoms with Gasteiger partial charge < -0.3 is 9.64 Å². The van der Waals surface area contributed by atoms with Crippen molar-refractivity contribution in [2.75, 3.05) is 20.1 Å². The first-order valence-corrected chi connectivity index (χ1v) is 11.7. The van der Waals surface area contributed by atoms with Crippen LogP contribution in [0.1, 0.15) is 30.9 Å². The highest BCUT2D eigenvalue weighted by Crippen LogP contribution is 2.44. The molecule has 0 radical (unpaired) electrons. The predicted octanol–water partition coefficient (Wildman–Crippen LogP) is 3.78. The van der Waals surface area contributed by atoms with Gasteiger partial charge >= 0.3 is 0 Å². The molecule has 2 aliphatic heterocycles. The SMILES string of the molecule is CN1CCC2(CC1)C[C@@H](NS(=O)(=O)c1ccc(Br)s1)c1ccccc1O2. The Morgan fingerprint density at radius 3 is 2.65 bits per heavy atom. The molecule has 26 heavy (non-hydrogen) atoms. The van der Waals surface area contributed by atoms with Crippen LogP contribution in [-0.2, 0) is 10.0 Å². The van der Waals surface area contributed by atoms with Gasteiger partial charge in [0.1, 0.15) is 15.6 Å². The van der Waals surface area contributed by atoms with Gasteiger partial charge in [-0.2, -0.15) is 0 Å². The van der Waals surface area contributed by atoms with Crippen LogP contribution in [0.2, 0.25) is 0 Å². The van der Waals surface area contributed by atoms with Crippen LogP contribution >= 0.6 is 27.3 Å². The number of halogens is 1. The van der Waals surface area contributed by atoms with Gasteiger partial charge in [-0.1, -0.05) is 18.2 Å². The van der Waals surface area contributed by atoms with Crippen LogP contribution in [0.5, 0.6) is 5.75 Å². The summed E-state index contributed by atoms with van der Waals surface area (Å²) in [6.07, 6.45) is 2.46. The minimum absolute atomic E-state index is 0.283. The molecule has 1 spiro atoms. The van der Waals surface area contributed by atoms with Crippen LogP contribution in [0.15, 0.2) is 44.4 Å². The summed E-state index contributed by atoms with van der Waals surface area (Å²) < 4.78 is 36.2. The highest BCUT2D eigenvalue weighted by molar-refractivity contribution is 9.11. The summed E-state index contributed by atoms with van der Waals surface area (Å²) in [5, 5.41) is 0. The smallest absolute Gasteiger partial charge is 0.250 e. The second-order valence-corrected chi connectivity index (χ2v) is 11.5. The fraction of sp³-hybridized carbons (Fsp3) is 0.444. The molecule has 2 aliphatic rings. The van der Waals surface area contributed by atoms with Crippen molar-refractivity contribution in [1.82, 2.24) is 9.62 Å². The van der Waals surface area contributed by atoms with E-state index in [-0.39, 0.29) is 11.6 Å². The lowest BCUT2D eigenvalue weighted by molar-refractivity contribution is -0.0179. The Morgan fingerprint density at radius 2 is 1.96 bits per heavy atom. The molecule has 1 fully saturated rings. The Balaban J connectivity index is 1.66. The predicted molar refractivity (Wildman–Crippen MR) is 106 cm³/mol. The average Bonchev–Trinajstić information content (AvgIpc) is 3.05. The molecule has 0 amide bonds. The van der Waals surface area contributed by atoms with Crippen LogP contribution in [0.4, 0.5) is 0 Å². The number of thiophene rings is 1. The fourth-order valence-electron chi connectivity index (χ4n) is 3.74. The first kappa shape index (κ1) is 18.4. The summed E-state index contributed by atoms with van der Waals surface area (Å²) in [5.74, 6) is 0.795. The summed E-state index contributed by atoms with van der Waals surface area (Å²) in [7, 11) is -1.47. The van der Waals surface area contributed by atoms with E-state index in [0.29, 0.717) is 10.6 Å². The van der Waals surface area contributed by atoms with E-state index in [1.165, 1.54) is 11.3 Å². The van der Waals surface area contributed by atoms with Crippen molar-refractivity contribution in [3.8, 4) is 5.75 Å². The van der Waals surface area contributed by atoms with Crippen LogP contribution in [0.25, 0.3) is 0 Å². The van der Waals surface area contributed by atoms with Gasteiger partial charge in [-0.05, 0) is 54.0 Å². The van der Waals surface area contributed by atoms with Gasteiger partial charge in [-0.25, -0.2) is 13.1 Å². The van der Waals surface area contributed by atoms with Crippen molar-refractivity contribution in [1.29, 1.82) is 0 Å². The molecule has 1 aromatic heterocycles. The van der Waals surface area contributed by atoms with Gasteiger partial charge in [-0.3, -0.25) is 0 Å². The maximum atomic E-state index is 12.9. The Morgan fingerprint density at radius 1 is 1.23 bits per heavy atom. The lowest BCUT2D eigenvalue weighted by atomic mass is 9.81. The quantitative estimate of drug-likeness (QED) is 0.763. The first-order chi connectivity index (χ1) is 12.4. The standard InChI is InChI=1S/C18H21BrN2O3S2/c1-21-10-8-18(9-11-21)12-14(13-4-2-3-5-15(13)24-18)20-26(22,23)17-7-6-16(19)25-17/h2-7,14,20H,8-12H2,1H3/t14-/m1/s1. The zero-order chi connectivity index (χ0) is 18.4. The monoisotopic (exact) mass is 456 g/mol. The summed E-state index contributed by atoms with van der Waals surface area (Å²) in [5.41, 5.74) is 0.612. The van der Waals surface area contributed by atoms with E-state index in [9.17, 15) is 8.42 Å². The molecule has 0 bridgehead atoms. The molecule has 1 saturated heterocycles. The van der Waals surface area contributed by atoms with Gasteiger partial charge in [0.15, 0.2) is 0 Å². The van der Waals surface area contributed by atoms with Gasteiger partial charge in [-0.15, -0.1) is 11.3 Å². The zero-order valence-electron chi connectivity index (χ0n) is 14.4. The number of para-hydroxylation sites is 1. The second-order valence-electron chi connectivity index (χ2n) is 7.06. The van der Waals surface area contributed by atoms with E-state index >= 15 is 0 Å². The number of hydrogen-bond acceptors (Lipinski definition) is 5. The topological polar surface area (TPSA) is 58.6 Å². The van der Waals surface area contributed by atoms with Gasteiger partial charge in [0, 0.05) is 25.1 Å². The van der Waals surface area contributed by atoms with E-state index in [2.05, 4.69) is 32.6 Å². The Bertz CT molecular complexity index is 905. The molecule has 3 heterocycles. The number of ether oxygens (including phenoxy) is 1. The van der Waals surface area contributed by atoms with E-state index < -0.39 is 10.0 Å². The fourth-order valence-corrected chi connectivity index (χ4v) is 6.98. The molecule has 0 unspecified atom stereocenters. The molecular formula is C18H21BrN2O3S2. The normalized spacial score (nSPS) is 22.8. The molecule has 1 N–H and O–H groups in total. The zero-order valence-corrected chi connectivity index (χ0v) is 17.7. The third-order valence-corrected chi connectivity index (χ3v) is 8.79. The molecule has 2 aromatic rings. The summed E-state index contributed by atoms with van der Waals surface area (Å²) in [6.45, 7) is 1.92. The number of nitrogens with zero attached hydrogens (tertiary/aromatic N) is 1. The number of benzene rings is 1. The number of fused-ring (bicyclic) bond motifs is 1. The van der Waals surface area contributed by atoms with Crippen molar-refractivity contribution in [2.24, 2.45) is 0 Å². The van der Waals surface area contributed by atoms with Crippen molar-refractivity contribution >= 4 is 37.3 Å². The van der Waals surface area contributed by atoms with E-state index in [1.54, 1.807) is 12.1 Å². The highest BCUT2D eigenvalue weighted by Gasteiger charge is 2.43. The largest absolute Gasteiger partial charge is 0.487 e.